The molecule has 0 saturated heterocycles. The zero-order valence-electron chi connectivity index (χ0n) is 11.2. The number of amides is 1. The number of rotatable bonds is 5. The zero-order valence-corrected chi connectivity index (χ0v) is 13.7. The first-order valence-corrected chi connectivity index (χ1v) is 10.00. The van der Waals surface area contributed by atoms with E-state index in [1.165, 1.54) is 12.3 Å². The van der Waals surface area contributed by atoms with E-state index < -0.39 is 31.8 Å². The molecule has 1 amide bonds. The fourth-order valence-electron chi connectivity index (χ4n) is 1.70. The highest BCUT2D eigenvalue weighted by atomic mass is 32.2. The van der Waals surface area contributed by atoms with Gasteiger partial charge >= 0.3 is 0 Å². The number of nitrogens with one attached hydrogen (secondary N) is 1. The standard InChI is InChI=1S/C10H16N2O5S3/c1-6(5-19(3,14)15)12-9(13)8-4-18-10(7(8)2)20(11,16)17/h4,6H,5H2,1-3H3,(H,12,13)(H2,11,16,17). The summed E-state index contributed by atoms with van der Waals surface area (Å²) >= 11 is 0.860. The van der Waals surface area contributed by atoms with Crippen molar-refractivity contribution in [2.24, 2.45) is 5.14 Å². The minimum Gasteiger partial charge on any atom is -0.349 e. The average molecular weight is 340 g/mol. The van der Waals surface area contributed by atoms with Crippen molar-refractivity contribution < 1.29 is 21.6 Å². The third-order valence-corrected chi connectivity index (χ3v) is 6.22. The van der Waals surface area contributed by atoms with Gasteiger partial charge in [-0.25, -0.2) is 22.0 Å². The Hall–Kier alpha value is -0.970. The minimum atomic E-state index is -3.86. The van der Waals surface area contributed by atoms with Crippen LogP contribution in [0.1, 0.15) is 22.8 Å². The summed E-state index contributed by atoms with van der Waals surface area (Å²) in [6.07, 6.45) is 1.07. The molecule has 1 heterocycles. The first kappa shape index (κ1) is 17.1. The van der Waals surface area contributed by atoms with Gasteiger partial charge in [0.05, 0.1) is 11.3 Å². The molecule has 1 aromatic rings. The third kappa shape index (κ3) is 4.54. The first-order valence-electron chi connectivity index (χ1n) is 5.51. The molecule has 3 N–H and O–H groups in total. The van der Waals surface area contributed by atoms with E-state index in [-0.39, 0.29) is 21.1 Å². The van der Waals surface area contributed by atoms with Crippen molar-refractivity contribution in [2.45, 2.75) is 24.1 Å². The van der Waals surface area contributed by atoms with Crippen molar-refractivity contribution in [1.29, 1.82) is 0 Å². The zero-order chi connectivity index (χ0) is 15.7. The first-order chi connectivity index (χ1) is 8.92. The van der Waals surface area contributed by atoms with Gasteiger partial charge < -0.3 is 5.32 Å². The van der Waals surface area contributed by atoms with Gasteiger partial charge in [0.15, 0.2) is 0 Å². The van der Waals surface area contributed by atoms with Gasteiger partial charge in [0, 0.05) is 17.7 Å². The summed E-state index contributed by atoms with van der Waals surface area (Å²) in [6.45, 7) is 3.04. The molecule has 7 nitrogen and oxygen atoms in total. The highest BCUT2D eigenvalue weighted by Gasteiger charge is 2.22. The minimum absolute atomic E-state index is 0.0709. The normalized spacial score (nSPS) is 14.0. The largest absolute Gasteiger partial charge is 0.349 e. The molecule has 1 atom stereocenters. The number of sulfonamides is 1. The Kier molecular flexibility index (Phi) is 4.95. The quantitative estimate of drug-likeness (QED) is 0.772. The van der Waals surface area contributed by atoms with E-state index in [9.17, 15) is 21.6 Å². The van der Waals surface area contributed by atoms with Gasteiger partial charge in [-0.3, -0.25) is 4.79 Å². The van der Waals surface area contributed by atoms with Gasteiger partial charge in [-0.05, 0) is 19.4 Å². The average Bonchev–Trinajstić information content (AvgIpc) is 2.55. The molecule has 0 aromatic carbocycles. The Labute approximate surface area is 122 Å². The summed E-state index contributed by atoms with van der Waals surface area (Å²) in [5.41, 5.74) is 0.445. The van der Waals surface area contributed by atoms with Crippen molar-refractivity contribution in [3.63, 3.8) is 0 Å². The van der Waals surface area contributed by atoms with Gasteiger partial charge in [-0.15, -0.1) is 11.3 Å². The maximum atomic E-state index is 12.0. The van der Waals surface area contributed by atoms with Gasteiger partial charge in [-0.1, -0.05) is 0 Å². The van der Waals surface area contributed by atoms with E-state index in [1.807, 2.05) is 0 Å². The van der Waals surface area contributed by atoms with E-state index in [0.29, 0.717) is 0 Å². The summed E-state index contributed by atoms with van der Waals surface area (Å²) in [4.78, 5) is 12.0. The number of hydrogen-bond donors (Lipinski definition) is 2. The van der Waals surface area contributed by atoms with Gasteiger partial charge in [0.1, 0.15) is 14.0 Å². The van der Waals surface area contributed by atoms with Crippen LogP contribution in [0, 0.1) is 6.92 Å². The van der Waals surface area contributed by atoms with Gasteiger partial charge in [-0.2, -0.15) is 0 Å². The van der Waals surface area contributed by atoms with E-state index >= 15 is 0 Å². The second-order valence-electron chi connectivity index (χ2n) is 4.57. The predicted octanol–water partition coefficient (Wildman–Crippen LogP) is -0.133. The Morgan fingerprint density at radius 2 is 1.95 bits per heavy atom. The molecule has 1 aromatic heterocycles. The number of primary sulfonamides is 1. The fraction of sp³-hybridized carbons (Fsp3) is 0.500. The highest BCUT2D eigenvalue weighted by Crippen LogP contribution is 2.25. The van der Waals surface area contributed by atoms with Crippen LogP contribution in [0.3, 0.4) is 0 Å². The number of thiophene rings is 1. The monoisotopic (exact) mass is 340 g/mol. The SMILES string of the molecule is Cc1c(C(=O)NC(C)CS(C)(=O)=O)csc1S(N)(=O)=O. The lowest BCUT2D eigenvalue weighted by atomic mass is 10.2. The van der Waals surface area contributed by atoms with Crippen molar-refractivity contribution in [3.05, 3.63) is 16.5 Å². The number of nitrogens with two attached hydrogens (primary N) is 1. The lowest BCUT2D eigenvalue weighted by Crippen LogP contribution is -2.37. The Morgan fingerprint density at radius 1 is 1.40 bits per heavy atom. The third-order valence-electron chi connectivity index (χ3n) is 2.43. The molecule has 114 valence electrons. The molecule has 1 rings (SSSR count). The van der Waals surface area contributed by atoms with Crippen LogP contribution in [0.5, 0.6) is 0 Å². The van der Waals surface area contributed by atoms with E-state index in [2.05, 4.69) is 5.32 Å². The van der Waals surface area contributed by atoms with E-state index in [0.717, 1.165) is 17.6 Å². The summed E-state index contributed by atoms with van der Waals surface area (Å²) < 4.78 is 44.7. The van der Waals surface area contributed by atoms with Crippen LogP contribution >= 0.6 is 11.3 Å². The van der Waals surface area contributed by atoms with Crippen LogP contribution in [-0.2, 0) is 19.9 Å². The lowest BCUT2D eigenvalue weighted by molar-refractivity contribution is 0.0943. The number of carbonyl (C=O) groups is 1. The second kappa shape index (κ2) is 5.80. The summed E-state index contributed by atoms with van der Waals surface area (Å²) in [5, 5.41) is 8.92. The molecular weight excluding hydrogens is 324 g/mol. The number of carbonyl (C=O) groups excluding carboxylic acids is 1. The molecule has 0 saturated carbocycles. The lowest BCUT2D eigenvalue weighted by Gasteiger charge is -2.12. The smallest absolute Gasteiger partial charge is 0.252 e. The van der Waals surface area contributed by atoms with Gasteiger partial charge in [0.2, 0.25) is 10.0 Å². The topological polar surface area (TPSA) is 123 Å². The maximum Gasteiger partial charge on any atom is 0.252 e. The summed E-state index contributed by atoms with van der Waals surface area (Å²) in [5.74, 6) is -0.714. The molecule has 0 aliphatic rings. The van der Waals surface area contributed by atoms with Crippen LogP contribution < -0.4 is 10.5 Å². The Balaban J connectivity index is 2.93. The van der Waals surface area contributed by atoms with E-state index in [4.69, 9.17) is 5.14 Å². The van der Waals surface area contributed by atoms with E-state index in [1.54, 1.807) is 6.92 Å². The van der Waals surface area contributed by atoms with Crippen LogP contribution in [-0.4, -0.2) is 40.8 Å². The Morgan fingerprint density at radius 3 is 2.35 bits per heavy atom. The van der Waals surface area contributed by atoms with Crippen molar-refractivity contribution in [3.8, 4) is 0 Å². The number of hydrogen-bond acceptors (Lipinski definition) is 6. The molecular formula is C10H16N2O5S3. The molecule has 0 aliphatic heterocycles. The molecule has 0 spiro atoms. The molecule has 20 heavy (non-hydrogen) atoms. The molecule has 1 unspecified atom stereocenters. The van der Waals surface area contributed by atoms with Crippen molar-refractivity contribution in [2.75, 3.05) is 12.0 Å². The molecule has 10 heteroatoms. The van der Waals surface area contributed by atoms with Crippen LogP contribution in [0.15, 0.2) is 9.59 Å². The maximum absolute atomic E-state index is 12.0. The summed E-state index contributed by atoms with van der Waals surface area (Å²) in [7, 11) is -7.07. The molecule has 0 bridgehead atoms. The molecule has 0 radical (unpaired) electrons. The predicted molar refractivity (Wildman–Crippen MR) is 77.1 cm³/mol. The molecule has 0 fully saturated rings. The summed E-state index contributed by atoms with van der Waals surface area (Å²) in [6, 6.07) is -0.574. The molecule has 0 aliphatic carbocycles. The van der Waals surface area contributed by atoms with Crippen molar-refractivity contribution >= 4 is 37.1 Å². The number of sulfone groups is 1. The van der Waals surface area contributed by atoms with Crippen LogP contribution in [0.25, 0.3) is 0 Å². The Bertz CT molecular complexity index is 718. The second-order valence-corrected chi connectivity index (χ2v) is 9.39. The van der Waals surface area contributed by atoms with Crippen LogP contribution in [0.2, 0.25) is 0 Å². The highest BCUT2D eigenvalue weighted by molar-refractivity contribution is 7.91. The fourth-order valence-corrected chi connectivity index (χ4v) is 4.71. The van der Waals surface area contributed by atoms with Crippen molar-refractivity contribution in [1.82, 2.24) is 5.32 Å². The van der Waals surface area contributed by atoms with Gasteiger partial charge in [0.25, 0.3) is 5.91 Å². The van der Waals surface area contributed by atoms with Crippen LogP contribution in [0.4, 0.5) is 0 Å².